The minimum absolute atomic E-state index is 0.663. The van der Waals surface area contributed by atoms with Crippen LogP contribution in [-0.4, -0.2) is 33.2 Å². The molecular formula is C16H19N7S. The van der Waals surface area contributed by atoms with E-state index in [-0.39, 0.29) is 0 Å². The van der Waals surface area contributed by atoms with Crippen LogP contribution in [-0.2, 0) is 13.1 Å². The first-order valence-electron chi connectivity index (χ1n) is 7.55. The van der Waals surface area contributed by atoms with Crippen LogP contribution in [0.25, 0.3) is 11.4 Å². The van der Waals surface area contributed by atoms with Crippen molar-refractivity contribution in [3.05, 3.63) is 52.2 Å². The lowest BCUT2D eigenvalue weighted by Crippen LogP contribution is -2.36. The van der Waals surface area contributed by atoms with Crippen molar-refractivity contribution in [2.75, 3.05) is 7.05 Å². The fourth-order valence-electron chi connectivity index (χ4n) is 2.22. The molecule has 8 heteroatoms. The Kier molecular flexibility index (Phi) is 5.17. The van der Waals surface area contributed by atoms with Crippen LogP contribution in [0.5, 0.6) is 0 Å². The second-order valence-corrected chi connectivity index (χ2v) is 6.50. The number of rotatable bonds is 5. The first kappa shape index (κ1) is 16.1. The zero-order valence-corrected chi connectivity index (χ0v) is 14.4. The van der Waals surface area contributed by atoms with Gasteiger partial charge in [0.1, 0.15) is 11.3 Å². The number of H-pyrrole nitrogens is 1. The molecule has 3 N–H and O–H groups in total. The Morgan fingerprint density at radius 3 is 2.83 bits per heavy atom. The van der Waals surface area contributed by atoms with Gasteiger partial charge in [-0.25, -0.2) is 9.97 Å². The number of nitrogens with one attached hydrogen (secondary N) is 3. The average molecular weight is 341 g/mol. The van der Waals surface area contributed by atoms with E-state index in [2.05, 4.69) is 54.8 Å². The predicted molar refractivity (Wildman–Crippen MR) is 95.7 cm³/mol. The molecule has 24 heavy (non-hydrogen) atoms. The summed E-state index contributed by atoms with van der Waals surface area (Å²) in [5.74, 6) is 1.51. The number of aromatic nitrogens is 4. The predicted octanol–water partition coefficient (Wildman–Crippen LogP) is 2.10. The number of aliphatic imine (C=N–C) groups is 1. The van der Waals surface area contributed by atoms with Crippen molar-refractivity contribution in [2.24, 2.45) is 4.99 Å². The summed E-state index contributed by atoms with van der Waals surface area (Å²) in [5.41, 5.74) is 2.14. The largest absolute Gasteiger partial charge is 0.352 e. The zero-order valence-electron chi connectivity index (χ0n) is 13.6. The van der Waals surface area contributed by atoms with Crippen LogP contribution in [0.3, 0.4) is 0 Å². The number of benzene rings is 1. The van der Waals surface area contributed by atoms with Crippen LogP contribution in [0.1, 0.15) is 15.4 Å². The van der Waals surface area contributed by atoms with E-state index >= 15 is 0 Å². The lowest BCUT2D eigenvalue weighted by atomic mass is 10.1. The first-order chi connectivity index (χ1) is 11.7. The van der Waals surface area contributed by atoms with Crippen molar-refractivity contribution in [3.8, 4) is 11.4 Å². The lowest BCUT2D eigenvalue weighted by molar-refractivity contribution is 0.805. The highest BCUT2D eigenvalue weighted by Crippen LogP contribution is 2.15. The monoisotopic (exact) mass is 341 g/mol. The number of guanidine groups is 1. The summed E-state index contributed by atoms with van der Waals surface area (Å²) in [4.78, 5) is 14.0. The molecule has 0 saturated carbocycles. The Morgan fingerprint density at radius 1 is 1.25 bits per heavy atom. The normalized spacial score (nSPS) is 11.5. The molecular weight excluding hydrogens is 322 g/mol. The van der Waals surface area contributed by atoms with Gasteiger partial charge in [0, 0.05) is 30.2 Å². The Labute approximate surface area is 144 Å². The van der Waals surface area contributed by atoms with Crippen molar-refractivity contribution < 1.29 is 0 Å². The van der Waals surface area contributed by atoms with E-state index < -0.39 is 0 Å². The van der Waals surface area contributed by atoms with Gasteiger partial charge in [-0.15, -0.1) is 11.3 Å². The molecule has 124 valence electrons. The van der Waals surface area contributed by atoms with Gasteiger partial charge < -0.3 is 10.6 Å². The van der Waals surface area contributed by atoms with Gasteiger partial charge in [-0.05, 0) is 18.6 Å². The minimum atomic E-state index is 0.663. The molecule has 2 aromatic heterocycles. The zero-order chi connectivity index (χ0) is 16.8. The van der Waals surface area contributed by atoms with Crippen molar-refractivity contribution in [2.45, 2.75) is 20.0 Å². The van der Waals surface area contributed by atoms with Gasteiger partial charge in [-0.2, -0.15) is 5.10 Å². The van der Waals surface area contributed by atoms with Crippen molar-refractivity contribution in [1.82, 2.24) is 30.8 Å². The third-order valence-corrected chi connectivity index (χ3v) is 4.29. The molecule has 0 saturated heterocycles. The van der Waals surface area contributed by atoms with Gasteiger partial charge in [0.25, 0.3) is 0 Å². The number of nitrogens with zero attached hydrogens (tertiary/aromatic N) is 4. The van der Waals surface area contributed by atoms with Crippen LogP contribution in [0.15, 0.2) is 41.8 Å². The summed E-state index contributed by atoms with van der Waals surface area (Å²) < 4.78 is 0. The quantitative estimate of drug-likeness (QED) is 0.488. The number of aromatic amines is 1. The van der Waals surface area contributed by atoms with Gasteiger partial charge in [0.2, 0.25) is 0 Å². The Bertz CT molecular complexity index is 807. The molecule has 7 nitrogen and oxygen atoms in total. The molecule has 3 aromatic rings. The second-order valence-electron chi connectivity index (χ2n) is 5.18. The number of hydrogen-bond acceptors (Lipinski definition) is 5. The van der Waals surface area contributed by atoms with Crippen LogP contribution >= 0.6 is 11.3 Å². The van der Waals surface area contributed by atoms with Crippen LogP contribution in [0, 0.1) is 6.92 Å². The molecule has 0 spiro atoms. The van der Waals surface area contributed by atoms with E-state index in [1.807, 2.05) is 18.3 Å². The molecule has 0 aliphatic carbocycles. The SMILES string of the molecule is CN=C(NCc1cccc(-c2ncn[nH]2)c1)NCc1ncc(C)s1. The molecule has 0 radical (unpaired) electrons. The summed E-state index contributed by atoms with van der Waals surface area (Å²) in [6.07, 6.45) is 3.39. The van der Waals surface area contributed by atoms with E-state index in [4.69, 9.17) is 0 Å². The molecule has 0 amide bonds. The molecule has 0 atom stereocenters. The van der Waals surface area contributed by atoms with Gasteiger partial charge in [-0.3, -0.25) is 10.1 Å². The molecule has 0 bridgehead atoms. The maximum absolute atomic E-state index is 4.34. The molecule has 0 aliphatic rings. The van der Waals surface area contributed by atoms with Crippen molar-refractivity contribution in [3.63, 3.8) is 0 Å². The molecule has 3 rings (SSSR count). The van der Waals surface area contributed by atoms with E-state index in [1.165, 1.54) is 11.2 Å². The van der Waals surface area contributed by atoms with Gasteiger partial charge >= 0.3 is 0 Å². The fraction of sp³-hybridized carbons (Fsp3) is 0.250. The number of thiazole rings is 1. The van der Waals surface area contributed by atoms with E-state index in [1.54, 1.807) is 18.4 Å². The summed E-state index contributed by atoms with van der Waals surface area (Å²) in [6.45, 7) is 3.38. The highest BCUT2D eigenvalue weighted by atomic mass is 32.1. The van der Waals surface area contributed by atoms with E-state index in [9.17, 15) is 0 Å². The highest BCUT2D eigenvalue weighted by Gasteiger charge is 2.04. The smallest absolute Gasteiger partial charge is 0.191 e. The second kappa shape index (κ2) is 7.69. The molecule has 0 fully saturated rings. The third-order valence-electron chi connectivity index (χ3n) is 3.38. The Morgan fingerprint density at radius 2 is 2.12 bits per heavy atom. The molecule has 0 unspecified atom stereocenters. The van der Waals surface area contributed by atoms with E-state index in [0.717, 1.165) is 27.9 Å². The van der Waals surface area contributed by atoms with Gasteiger partial charge in [-0.1, -0.05) is 18.2 Å². The number of aryl methyl sites for hydroxylation is 1. The topological polar surface area (TPSA) is 90.9 Å². The Balaban J connectivity index is 1.56. The first-order valence-corrected chi connectivity index (χ1v) is 8.37. The lowest BCUT2D eigenvalue weighted by Gasteiger charge is -2.11. The van der Waals surface area contributed by atoms with Gasteiger partial charge in [0.15, 0.2) is 11.8 Å². The maximum atomic E-state index is 4.34. The van der Waals surface area contributed by atoms with Crippen LogP contribution in [0.2, 0.25) is 0 Å². The summed E-state index contributed by atoms with van der Waals surface area (Å²) in [7, 11) is 1.76. The molecule has 2 heterocycles. The van der Waals surface area contributed by atoms with Crippen LogP contribution in [0.4, 0.5) is 0 Å². The summed E-state index contributed by atoms with van der Waals surface area (Å²) >= 11 is 1.68. The van der Waals surface area contributed by atoms with Crippen molar-refractivity contribution >= 4 is 17.3 Å². The van der Waals surface area contributed by atoms with Crippen LogP contribution < -0.4 is 10.6 Å². The van der Waals surface area contributed by atoms with Gasteiger partial charge in [0.05, 0.1) is 6.54 Å². The minimum Gasteiger partial charge on any atom is -0.352 e. The summed E-state index contributed by atoms with van der Waals surface area (Å²) in [5, 5.41) is 14.4. The molecule has 1 aromatic carbocycles. The average Bonchev–Trinajstić information content (AvgIpc) is 3.27. The van der Waals surface area contributed by atoms with E-state index in [0.29, 0.717) is 13.1 Å². The standard InChI is InChI=1S/C16H19N7S/c1-11-7-18-14(24-11)9-20-16(17-2)19-8-12-4-3-5-13(6-12)15-21-10-22-23-15/h3-7,10H,8-9H2,1-2H3,(H2,17,19,20)(H,21,22,23). The fourth-order valence-corrected chi connectivity index (χ4v) is 2.95. The molecule has 0 aliphatic heterocycles. The van der Waals surface area contributed by atoms with Crippen molar-refractivity contribution in [1.29, 1.82) is 0 Å². The third kappa shape index (κ3) is 4.17. The number of hydrogen-bond donors (Lipinski definition) is 3. The highest BCUT2D eigenvalue weighted by molar-refractivity contribution is 7.11. The Hall–Kier alpha value is -2.74. The maximum Gasteiger partial charge on any atom is 0.191 e. The summed E-state index contributed by atoms with van der Waals surface area (Å²) in [6, 6.07) is 8.14.